The molecule has 0 amide bonds. The fourth-order valence-electron chi connectivity index (χ4n) is 1.01. The van der Waals surface area contributed by atoms with Crippen molar-refractivity contribution in [1.82, 2.24) is 0 Å². The number of nitrogens with zero attached hydrogens (tertiary/aromatic N) is 1. The molecule has 0 N–H and O–H groups in total. The Morgan fingerprint density at radius 3 is 2.86 bits per heavy atom. The van der Waals surface area contributed by atoms with Crippen molar-refractivity contribution in [1.29, 1.82) is 5.26 Å². The van der Waals surface area contributed by atoms with Crippen molar-refractivity contribution in [2.24, 2.45) is 0 Å². The number of rotatable bonds is 4. The standard InChI is InChI=1S/C11H12ClNO/c1-2-3-6-14-10-5-4-9(8-13)11(12)7-10/h4-5,7H,2-3,6H2,1H3. The highest BCUT2D eigenvalue weighted by molar-refractivity contribution is 6.31. The van der Waals surface area contributed by atoms with Gasteiger partial charge in [-0.2, -0.15) is 5.26 Å². The van der Waals surface area contributed by atoms with Crippen molar-refractivity contribution in [3.63, 3.8) is 0 Å². The van der Waals surface area contributed by atoms with Gasteiger partial charge in [-0.15, -0.1) is 0 Å². The average Bonchev–Trinajstić information content (AvgIpc) is 2.18. The van der Waals surface area contributed by atoms with Crippen LogP contribution in [0.4, 0.5) is 0 Å². The van der Waals surface area contributed by atoms with E-state index in [2.05, 4.69) is 6.92 Å². The van der Waals surface area contributed by atoms with Crippen molar-refractivity contribution >= 4 is 11.6 Å². The Balaban J connectivity index is 2.63. The topological polar surface area (TPSA) is 33.0 Å². The smallest absolute Gasteiger partial charge is 0.120 e. The van der Waals surface area contributed by atoms with Gasteiger partial charge in [0.15, 0.2) is 0 Å². The summed E-state index contributed by atoms with van der Waals surface area (Å²) >= 11 is 5.84. The van der Waals surface area contributed by atoms with Crippen LogP contribution in [0.2, 0.25) is 5.02 Å². The summed E-state index contributed by atoms with van der Waals surface area (Å²) in [6.45, 7) is 2.80. The lowest BCUT2D eigenvalue weighted by Gasteiger charge is -2.05. The molecule has 1 aromatic rings. The number of unbranched alkanes of at least 4 members (excludes halogenated alkanes) is 1. The molecule has 0 radical (unpaired) electrons. The summed E-state index contributed by atoms with van der Waals surface area (Å²) in [5.41, 5.74) is 0.481. The van der Waals surface area contributed by atoms with E-state index in [0.717, 1.165) is 18.6 Å². The fraction of sp³-hybridized carbons (Fsp3) is 0.364. The fourth-order valence-corrected chi connectivity index (χ4v) is 1.22. The number of nitriles is 1. The molecule has 0 unspecified atom stereocenters. The predicted octanol–water partition coefficient (Wildman–Crippen LogP) is 3.39. The van der Waals surface area contributed by atoms with E-state index < -0.39 is 0 Å². The van der Waals surface area contributed by atoms with Crippen molar-refractivity contribution in [3.8, 4) is 11.8 Å². The third-order valence-corrected chi connectivity index (χ3v) is 2.14. The maximum atomic E-state index is 8.65. The van der Waals surface area contributed by atoms with E-state index >= 15 is 0 Å². The van der Waals surface area contributed by atoms with Gasteiger partial charge in [0.05, 0.1) is 17.2 Å². The summed E-state index contributed by atoms with van der Waals surface area (Å²) in [6, 6.07) is 7.11. The molecule has 0 heterocycles. The minimum Gasteiger partial charge on any atom is -0.494 e. The van der Waals surface area contributed by atoms with Gasteiger partial charge < -0.3 is 4.74 Å². The van der Waals surface area contributed by atoms with E-state index in [1.54, 1.807) is 18.2 Å². The molecule has 74 valence electrons. The number of benzene rings is 1. The quantitative estimate of drug-likeness (QED) is 0.713. The van der Waals surface area contributed by atoms with E-state index in [0.29, 0.717) is 17.2 Å². The molecule has 1 rings (SSSR count). The normalized spacial score (nSPS) is 9.50. The molecule has 2 nitrogen and oxygen atoms in total. The summed E-state index contributed by atoms with van der Waals surface area (Å²) in [5, 5.41) is 9.09. The number of halogens is 1. The highest BCUT2D eigenvalue weighted by Crippen LogP contribution is 2.21. The maximum Gasteiger partial charge on any atom is 0.120 e. The second-order valence-corrected chi connectivity index (χ2v) is 3.36. The molecule has 0 fully saturated rings. The van der Waals surface area contributed by atoms with Gasteiger partial charge in [0.1, 0.15) is 11.8 Å². The van der Waals surface area contributed by atoms with Crippen LogP contribution in [0.25, 0.3) is 0 Å². The first-order valence-corrected chi connectivity index (χ1v) is 4.98. The second kappa shape index (κ2) is 5.51. The number of hydrogen-bond donors (Lipinski definition) is 0. The number of ether oxygens (including phenoxy) is 1. The molecule has 0 aliphatic carbocycles. The van der Waals surface area contributed by atoms with Crippen LogP contribution in [0.5, 0.6) is 5.75 Å². The Morgan fingerprint density at radius 1 is 1.50 bits per heavy atom. The molecule has 0 bridgehead atoms. The van der Waals surface area contributed by atoms with Crippen LogP contribution < -0.4 is 4.74 Å². The van der Waals surface area contributed by atoms with Gasteiger partial charge in [0.2, 0.25) is 0 Å². The van der Waals surface area contributed by atoms with Crippen molar-refractivity contribution < 1.29 is 4.74 Å². The van der Waals surface area contributed by atoms with Crippen LogP contribution in [-0.4, -0.2) is 6.61 Å². The van der Waals surface area contributed by atoms with Crippen LogP contribution in [0.15, 0.2) is 18.2 Å². The molecule has 0 atom stereocenters. The van der Waals surface area contributed by atoms with Crippen LogP contribution in [0.1, 0.15) is 25.3 Å². The maximum absolute atomic E-state index is 8.65. The highest BCUT2D eigenvalue weighted by atomic mass is 35.5. The number of hydrogen-bond acceptors (Lipinski definition) is 2. The first-order chi connectivity index (χ1) is 6.77. The van der Waals surface area contributed by atoms with Crippen molar-refractivity contribution in [2.75, 3.05) is 6.61 Å². The van der Waals surface area contributed by atoms with Crippen molar-refractivity contribution in [3.05, 3.63) is 28.8 Å². The minimum absolute atomic E-state index is 0.446. The van der Waals surface area contributed by atoms with E-state index in [1.807, 2.05) is 6.07 Å². The molecule has 14 heavy (non-hydrogen) atoms. The highest BCUT2D eigenvalue weighted by Gasteiger charge is 2.00. The van der Waals surface area contributed by atoms with Gasteiger partial charge in [-0.1, -0.05) is 24.9 Å². The van der Waals surface area contributed by atoms with Gasteiger partial charge in [0.25, 0.3) is 0 Å². The van der Waals surface area contributed by atoms with Crippen LogP contribution in [0.3, 0.4) is 0 Å². The lowest BCUT2D eigenvalue weighted by Crippen LogP contribution is -1.96. The summed E-state index contributed by atoms with van der Waals surface area (Å²) in [4.78, 5) is 0. The Morgan fingerprint density at radius 2 is 2.29 bits per heavy atom. The Labute approximate surface area is 89.1 Å². The molecule has 3 heteroatoms. The molecule has 0 aliphatic rings. The molecule has 1 aromatic carbocycles. The van der Waals surface area contributed by atoms with E-state index in [1.165, 1.54) is 0 Å². The molecule has 0 saturated carbocycles. The zero-order valence-electron chi connectivity index (χ0n) is 8.09. The summed E-state index contributed by atoms with van der Waals surface area (Å²) in [7, 11) is 0. The van der Waals surface area contributed by atoms with Crippen LogP contribution in [-0.2, 0) is 0 Å². The minimum atomic E-state index is 0.446. The van der Waals surface area contributed by atoms with Gasteiger partial charge in [0, 0.05) is 6.07 Å². The zero-order chi connectivity index (χ0) is 10.4. The summed E-state index contributed by atoms with van der Waals surface area (Å²) in [6.07, 6.45) is 2.13. The van der Waals surface area contributed by atoms with E-state index in [4.69, 9.17) is 21.6 Å². The predicted molar refractivity (Wildman–Crippen MR) is 56.6 cm³/mol. The third kappa shape index (κ3) is 2.93. The molecular weight excluding hydrogens is 198 g/mol. The first kappa shape index (κ1) is 10.9. The largest absolute Gasteiger partial charge is 0.494 e. The van der Waals surface area contributed by atoms with Gasteiger partial charge >= 0.3 is 0 Å². The lowest BCUT2D eigenvalue weighted by molar-refractivity contribution is 0.309. The summed E-state index contributed by atoms with van der Waals surface area (Å²) in [5.74, 6) is 0.724. The summed E-state index contributed by atoms with van der Waals surface area (Å²) < 4.78 is 5.43. The SMILES string of the molecule is CCCCOc1ccc(C#N)c(Cl)c1. The van der Waals surface area contributed by atoms with Gasteiger partial charge in [-0.3, -0.25) is 0 Å². The third-order valence-electron chi connectivity index (χ3n) is 1.83. The molecular formula is C11H12ClNO. The van der Waals surface area contributed by atoms with Gasteiger partial charge in [-0.25, -0.2) is 0 Å². The van der Waals surface area contributed by atoms with E-state index in [9.17, 15) is 0 Å². The second-order valence-electron chi connectivity index (χ2n) is 2.96. The Bertz CT molecular complexity index is 344. The Kier molecular flexibility index (Phi) is 4.28. The van der Waals surface area contributed by atoms with Crippen LogP contribution in [0, 0.1) is 11.3 Å². The van der Waals surface area contributed by atoms with E-state index in [-0.39, 0.29) is 0 Å². The lowest BCUT2D eigenvalue weighted by atomic mass is 10.2. The van der Waals surface area contributed by atoms with Crippen molar-refractivity contribution in [2.45, 2.75) is 19.8 Å². The molecule has 0 aromatic heterocycles. The zero-order valence-corrected chi connectivity index (χ0v) is 8.84. The molecule has 0 spiro atoms. The molecule has 0 aliphatic heterocycles. The monoisotopic (exact) mass is 209 g/mol. The van der Waals surface area contributed by atoms with Gasteiger partial charge in [-0.05, 0) is 18.6 Å². The van der Waals surface area contributed by atoms with Crippen LogP contribution >= 0.6 is 11.6 Å². The first-order valence-electron chi connectivity index (χ1n) is 4.60. The Hall–Kier alpha value is -1.20. The average molecular weight is 210 g/mol. The molecule has 0 saturated heterocycles.